The topological polar surface area (TPSA) is 21.3 Å². The maximum atomic E-state index is 15.0. The first kappa shape index (κ1) is 17.6. The normalized spacial score (nSPS) is 28.6. The molecule has 1 aromatic rings. The van der Waals surface area contributed by atoms with E-state index in [0.29, 0.717) is 24.7 Å². The van der Waals surface area contributed by atoms with Gasteiger partial charge in [-0.3, -0.25) is 0 Å². The molecule has 3 unspecified atom stereocenters. The van der Waals surface area contributed by atoms with Crippen molar-refractivity contribution in [1.82, 2.24) is 5.32 Å². The molecule has 0 spiro atoms. The highest BCUT2D eigenvalue weighted by atomic mass is 79.9. The van der Waals surface area contributed by atoms with Crippen LogP contribution in [0.2, 0.25) is 0 Å². The predicted molar refractivity (Wildman–Crippen MR) is 86.3 cm³/mol. The third kappa shape index (κ3) is 3.30. The number of rotatable bonds is 4. The summed E-state index contributed by atoms with van der Waals surface area (Å²) in [5, 5.41) is 3.00. The summed E-state index contributed by atoms with van der Waals surface area (Å²) in [7, 11) is 0. The van der Waals surface area contributed by atoms with Gasteiger partial charge in [0.05, 0.1) is 18.1 Å². The molecule has 1 aliphatic carbocycles. The van der Waals surface area contributed by atoms with Crippen molar-refractivity contribution in [3.63, 3.8) is 0 Å². The van der Waals surface area contributed by atoms with E-state index in [4.69, 9.17) is 4.74 Å². The second-order valence-electron chi connectivity index (χ2n) is 5.92. The Morgan fingerprint density at radius 3 is 2.38 bits per heavy atom. The first-order valence-electron chi connectivity index (χ1n) is 7.54. The minimum absolute atomic E-state index is 0.226. The standard InChI is InChI=1S/C17H16BrF4NO/c18-12-6-4-11(5-7-12)15(24-13-9-23-10-13)14-3-1-2-8-16(14,19)17(20,21)22/h1-8,13-15,23H,9-10H2. The fraction of sp³-hybridized carbons (Fsp3) is 0.412. The first-order valence-corrected chi connectivity index (χ1v) is 8.34. The van der Waals surface area contributed by atoms with Crippen LogP contribution in [-0.4, -0.2) is 31.0 Å². The number of hydrogen-bond donors (Lipinski definition) is 1. The molecule has 0 aromatic heterocycles. The third-order valence-electron chi connectivity index (χ3n) is 4.30. The summed E-state index contributed by atoms with van der Waals surface area (Å²) in [5.41, 5.74) is -2.95. The monoisotopic (exact) mass is 405 g/mol. The van der Waals surface area contributed by atoms with Gasteiger partial charge in [-0.2, -0.15) is 13.2 Å². The third-order valence-corrected chi connectivity index (χ3v) is 4.82. The molecule has 1 saturated heterocycles. The molecule has 1 fully saturated rings. The Morgan fingerprint density at radius 1 is 1.17 bits per heavy atom. The van der Waals surface area contributed by atoms with Crippen LogP contribution >= 0.6 is 15.9 Å². The SMILES string of the molecule is FC(F)(F)C1(F)C=CC=CC1C(OC1CNC1)c1ccc(Br)cc1. The smallest absolute Gasteiger partial charge is 0.367 e. The lowest BCUT2D eigenvalue weighted by atomic mass is 9.78. The average Bonchev–Trinajstić information content (AvgIpc) is 2.48. The molecule has 0 saturated carbocycles. The molecule has 2 aliphatic rings. The van der Waals surface area contributed by atoms with Crippen LogP contribution in [0.15, 0.2) is 53.0 Å². The largest absolute Gasteiger partial charge is 0.426 e. The molecule has 1 aliphatic heterocycles. The average molecular weight is 406 g/mol. The predicted octanol–water partition coefficient (Wildman–Crippen LogP) is 4.49. The number of hydrogen-bond acceptors (Lipinski definition) is 2. The van der Waals surface area contributed by atoms with E-state index < -0.39 is 23.9 Å². The van der Waals surface area contributed by atoms with Crippen molar-refractivity contribution in [3.8, 4) is 0 Å². The van der Waals surface area contributed by atoms with E-state index in [0.717, 1.165) is 10.5 Å². The molecular weight excluding hydrogens is 390 g/mol. The van der Waals surface area contributed by atoms with Crippen LogP contribution in [-0.2, 0) is 4.74 Å². The van der Waals surface area contributed by atoms with Crippen LogP contribution in [0.5, 0.6) is 0 Å². The van der Waals surface area contributed by atoms with Crippen LogP contribution < -0.4 is 5.32 Å². The molecule has 1 heterocycles. The lowest BCUT2D eigenvalue weighted by Gasteiger charge is -2.40. The Morgan fingerprint density at radius 2 is 1.83 bits per heavy atom. The van der Waals surface area contributed by atoms with Gasteiger partial charge in [0.25, 0.3) is 0 Å². The van der Waals surface area contributed by atoms with Crippen LogP contribution in [0.4, 0.5) is 17.6 Å². The minimum atomic E-state index is -5.02. The van der Waals surface area contributed by atoms with Crippen molar-refractivity contribution in [2.75, 3.05) is 13.1 Å². The van der Waals surface area contributed by atoms with Crippen molar-refractivity contribution in [3.05, 3.63) is 58.6 Å². The Balaban J connectivity index is 1.98. The van der Waals surface area contributed by atoms with Crippen LogP contribution in [0.1, 0.15) is 11.7 Å². The number of halogens is 5. The fourth-order valence-corrected chi connectivity index (χ4v) is 3.09. The van der Waals surface area contributed by atoms with Gasteiger partial charge >= 0.3 is 6.18 Å². The van der Waals surface area contributed by atoms with Crippen LogP contribution in [0.3, 0.4) is 0 Å². The van der Waals surface area contributed by atoms with Gasteiger partial charge in [-0.1, -0.05) is 46.3 Å². The molecule has 0 bridgehead atoms. The Bertz CT molecular complexity index is 639. The zero-order valence-electron chi connectivity index (χ0n) is 12.6. The quantitative estimate of drug-likeness (QED) is 0.745. The van der Waals surface area contributed by atoms with Gasteiger partial charge in [-0.15, -0.1) is 0 Å². The van der Waals surface area contributed by atoms with Crippen molar-refractivity contribution < 1.29 is 22.3 Å². The molecule has 0 radical (unpaired) electrons. The molecule has 7 heteroatoms. The number of nitrogens with one attached hydrogen (secondary N) is 1. The molecule has 1 aromatic carbocycles. The van der Waals surface area contributed by atoms with Crippen molar-refractivity contribution in [2.24, 2.45) is 5.92 Å². The van der Waals surface area contributed by atoms with E-state index in [2.05, 4.69) is 21.2 Å². The summed E-state index contributed by atoms with van der Waals surface area (Å²) in [5.74, 6) is -1.48. The maximum Gasteiger partial charge on any atom is 0.426 e. The minimum Gasteiger partial charge on any atom is -0.367 e. The zero-order chi connectivity index (χ0) is 17.4. The van der Waals surface area contributed by atoms with Crippen molar-refractivity contribution in [2.45, 2.75) is 24.1 Å². The summed E-state index contributed by atoms with van der Waals surface area (Å²) in [6.07, 6.45) is -1.93. The van der Waals surface area contributed by atoms with Crippen LogP contribution in [0, 0.1) is 5.92 Å². The number of benzene rings is 1. The van der Waals surface area contributed by atoms with E-state index in [1.165, 1.54) is 12.2 Å². The zero-order valence-corrected chi connectivity index (χ0v) is 14.1. The summed E-state index contributed by atoms with van der Waals surface area (Å²) in [6.45, 7) is 1.09. The summed E-state index contributed by atoms with van der Waals surface area (Å²) in [4.78, 5) is 0. The molecule has 3 rings (SSSR count). The van der Waals surface area contributed by atoms with Gasteiger partial charge < -0.3 is 10.1 Å². The molecule has 2 nitrogen and oxygen atoms in total. The van der Waals surface area contributed by atoms with E-state index in [1.54, 1.807) is 24.3 Å². The Hall–Kier alpha value is -1.18. The molecule has 0 amide bonds. The number of allylic oxidation sites excluding steroid dienone is 3. The summed E-state index contributed by atoms with van der Waals surface area (Å²) < 4.78 is 61.8. The second kappa shape index (κ2) is 6.61. The second-order valence-corrected chi connectivity index (χ2v) is 6.84. The van der Waals surface area contributed by atoms with E-state index in [9.17, 15) is 17.6 Å². The Labute approximate surface area is 145 Å². The van der Waals surface area contributed by atoms with Crippen LogP contribution in [0.25, 0.3) is 0 Å². The molecule has 3 atom stereocenters. The van der Waals surface area contributed by atoms with Gasteiger partial charge in [0.15, 0.2) is 0 Å². The number of ether oxygens (including phenoxy) is 1. The summed E-state index contributed by atoms with van der Waals surface area (Å²) in [6, 6.07) is 6.73. The van der Waals surface area contributed by atoms with E-state index in [-0.39, 0.29) is 6.10 Å². The maximum absolute atomic E-state index is 15.0. The van der Waals surface area contributed by atoms with Gasteiger partial charge in [-0.25, -0.2) is 4.39 Å². The molecule has 130 valence electrons. The van der Waals surface area contributed by atoms with Gasteiger partial charge in [0, 0.05) is 17.6 Å². The summed E-state index contributed by atoms with van der Waals surface area (Å²) >= 11 is 3.29. The highest BCUT2D eigenvalue weighted by Crippen LogP contribution is 2.49. The number of alkyl halides is 4. The van der Waals surface area contributed by atoms with Crippen molar-refractivity contribution in [1.29, 1.82) is 0 Å². The van der Waals surface area contributed by atoms with E-state index >= 15 is 0 Å². The Kier molecular flexibility index (Phi) is 4.86. The van der Waals surface area contributed by atoms with E-state index in [1.807, 2.05) is 0 Å². The molecule has 1 N–H and O–H groups in total. The lowest BCUT2D eigenvalue weighted by molar-refractivity contribution is -0.239. The first-order chi connectivity index (χ1) is 11.3. The van der Waals surface area contributed by atoms with Gasteiger partial charge in [0.2, 0.25) is 5.67 Å². The molecule has 24 heavy (non-hydrogen) atoms. The lowest BCUT2D eigenvalue weighted by Crippen LogP contribution is -2.53. The highest BCUT2D eigenvalue weighted by Gasteiger charge is 2.61. The molecular formula is C17H16BrF4NO. The highest BCUT2D eigenvalue weighted by molar-refractivity contribution is 9.10. The fourth-order valence-electron chi connectivity index (χ4n) is 2.82. The van der Waals surface area contributed by atoms with Gasteiger partial charge in [-0.05, 0) is 23.8 Å². The van der Waals surface area contributed by atoms with Crippen molar-refractivity contribution >= 4 is 15.9 Å². The van der Waals surface area contributed by atoms with Gasteiger partial charge in [0.1, 0.15) is 0 Å².